The van der Waals surface area contributed by atoms with E-state index < -0.39 is 22.2 Å². The largest absolute Gasteiger partial charge is 0.480 e. The minimum Gasteiger partial charge on any atom is -0.480 e. The summed E-state index contributed by atoms with van der Waals surface area (Å²) in [5.41, 5.74) is 6.98. The number of aliphatic carboxylic acids is 1. The second-order valence-electron chi connectivity index (χ2n) is 4.58. The third kappa shape index (κ3) is 3.09. The van der Waals surface area contributed by atoms with Crippen LogP contribution in [0.15, 0.2) is 24.3 Å². The van der Waals surface area contributed by atoms with Crippen molar-refractivity contribution in [2.75, 3.05) is 17.4 Å². The number of para-hydroxylation sites is 1. The summed E-state index contributed by atoms with van der Waals surface area (Å²) in [4.78, 5) is 10.6. The molecule has 0 saturated heterocycles. The number of hydrogen-bond acceptors (Lipinski definition) is 4. The van der Waals surface area contributed by atoms with Gasteiger partial charge < -0.3 is 10.8 Å². The molecule has 20 heavy (non-hydrogen) atoms. The number of anilines is 1. The van der Waals surface area contributed by atoms with Crippen molar-refractivity contribution in [3.05, 3.63) is 29.8 Å². The van der Waals surface area contributed by atoms with Gasteiger partial charge in [-0.25, -0.2) is 0 Å². The van der Waals surface area contributed by atoms with E-state index in [0.717, 1.165) is 5.56 Å². The minimum atomic E-state index is -3.66. The van der Waals surface area contributed by atoms with Crippen molar-refractivity contribution in [3.8, 4) is 0 Å². The summed E-state index contributed by atoms with van der Waals surface area (Å²) in [5.74, 6) is -1.14. The Morgan fingerprint density at radius 3 is 2.85 bits per heavy atom. The van der Waals surface area contributed by atoms with Crippen LogP contribution in [0.25, 0.3) is 0 Å². The smallest absolute Gasteiger partial charge is 0.320 e. The highest BCUT2D eigenvalue weighted by atomic mass is 32.2. The number of carboxylic acids is 1. The van der Waals surface area contributed by atoms with Gasteiger partial charge in [0.05, 0.1) is 5.69 Å². The molecule has 0 saturated carbocycles. The third-order valence-corrected chi connectivity index (χ3v) is 4.72. The Morgan fingerprint density at radius 2 is 2.15 bits per heavy atom. The van der Waals surface area contributed by atoms with Crippen molar-refractivity contribution < 1.29 is 18.3 Å². The molecular formula is C12H17N3O4S. The van der Waals surface area contributed by atoms with Crippen molar-refractivity contribution in [3.63, 3.8) is 0 Å². The fraction of sp³-hybridized carbons (Fsp3) is 0.417. The molecule has 7 nitrogen and oxygen atoms in total. The predicted octanol–water partition coefficient (Wildman–Crippen LogP) is -0.314. The predicted molar refractivity (Wildman–Crippen MR) is 74.6 cm³/mol. The minimum absolute atomic E-state index is 0.00549. The second-order valence-corrected chi connectivity index (χ2v) is 6.26. The molecule has 0 fully saturated rings. The first-order valence-corrected chi connectivity index (χ1v) is 7.69. The maximum absolute atomic E-state index is 12.2. The van der Waals surface area contributed by atoms with Crippen LogP contribution in [0.4, 0.5) is 5.69 Å². The van der Waals surface area contributed by atoms with Crippen LogP contribution in [-0.4, -0.2) is 38.6 Å². The summed E-state index contributed by atoms with van der Waals surface area (Å²) in [6, 6.07) is 6.24. The summed E-state index contributed by atoms with van der Waals surface area (Å²) < 4.78 is 28.0. The number of carbonyl (C=O) groups is 1. The first-order chi connectivity index (χ1) is 9.42. The Morgan fingerprint density at radius 1 is 1.45 bits per heavy atom. The van der Waals surface area contributed by atoms with E-state index in [9.17, 15) is 13.2 Å². The van der Waals surface area contributed by atoms with E-state index >= 15 is 0 Å². The Bertz CT molecular complexity index is 602. The maximum atomic E-state index is 12.2. The molecule has 1 aliphatic rings. The Hall–Kier alpha value is -1.64. The summed E-state index contributed by atoms with van der Waals surface area (Å²) in [5, 5.41) is 8.64. The molecule has 1 heterocycles. The molecule has 1 aromatic rings. The highest BCUT2D eigenvalue weighted by Crippen LogP contribution is 2.29. The van der Waals surface area contributed by atoms with Gasteiger partial charge in [0.25, 0.3) is 0 Å². The topological polar surface area (TPSA) is 113 Å². The van der Waals surface area contributed by atoms with Crippen LogP contribution >= 0.6 is 0 Å². The first kappa shape index (κ1) is 14.8. The van der Waals surface area contributed by atoms with E-state index in [2.05, 4.69) is 4.72 Å². The lowest BCUT2D eigenvalue weighted by molar-refractivity contribution is -0.138. The van der Waals surface area contributed by atoms with E-state index in [0.29, 0.717) is 18.7 Å². The zero-order valence-corrected chi connectivity index (χ0v) is 11.6. The number of carboxylic acid groups (broad SMARTS) is 1. The van der Waals surface area contributed by atoms with Crippen molar-refractivity contribution in [2.45, 2.75) is 18.9 Å². The molecule has 4 N–H and O–H groups in total. The SMILES string of the molecule is N[C@@H](CCNS(=O)(=O)N1CCc2ccccc21)C(=O)O. The first-order valence-electron chi connectivity index (χ1n) is 6.25. The molecule has 8 heteroatoms. The van der Waals surface area contributed by atoms with Crippen LogP contribution in [0.2, 0.25) is 0 Å². The van der Waals surface area contributed by atoms with Gasteiger partial charge in [0.1, 0.15) is 6.04 Å². The summed E-state index contributed by atoms with van der Waals surface area (Å²) in [7, 11) is -3.66. The number of nitrogens with two attached hydrogens (primary N) is 1. The Balaban J connectivity index is 2.00. The van der Waals surface area contributed by atoms with Crippen LogP contribution in [0.3, 0.4) is 0 Å². The normalized spacial score (nSPS) is 15.9. The van der Waals surface area contributed by atoms with Gasteiger partial charge in [-0.3, -0.25) is 9.10 Å². The van der Waals surface area contributed by atoms with E-state index in [1.54, 1.807) is 12.1 Å². The molecule has 110 valence electrons. The molecule has 2 rings (SSSR count). The van der Waals surface area contributed by atoms with Gasteiger partial charge in [-0.1, -0.05) is 18.2 Å². The fourth-order valence-electron chi connectivity index (χ4n) is 2.10. The monoisotopic (exact) mass is 299 g/mol. The van der Waals surface area contributed by atoms with E-state index in [1.165, 1.54) is 4.31 Å². The highest BCUT2D eigenvalue weighted by molar-refractivity contribution is 7.90. The Labute approximate surface area is 117 Å². The molecule has 0 spiro atoms. The van der Waals surface area contributed by atoms with E-state index in [1.807, 2.05) is 12.1 Å². The van der Waals surface area contributed by atoms with Gasteiger partial charge in [-0.2, -0.15) is 13.1 Å². The number of nitrogens with zero attached hydrogens (tertiary/aromatic N) is 1. The molecule has 0 amide bonds. The van der Waals surface area contributed by atoms with Crippen molar-refractivity contribution >= 4 is 21.9 Å². The van der Waals surface area contributed by atoms with Crippen molar-refractivity contribution in [2.24, 2.45) is 5.73 Å². The molecular weight excluding hydrogens is 282 g/mol. The number of fused-ring (bicyclic) bond motifs is 1. The van der Waals surface area contributed by atoms with Crippen LogP contribution in [0, 0.1) is 0 Å². The summed E-state index contributed by atoms with van der Waals surface area (Å²) >= 11 is 0. The van der Waals surface area contributed by atoms with Crippen molar-refractivity contribution in [1.29, 1.82) is 0 Å². The van der Waals surface area contributed by atoms with Gasteiger partial charge in [-0.05, 0) is 24.5 Å². The van der Waals surface area contributed by atoms with Gasteiger partial charge in [0, 0.05) is 13.1 Å². The zero-order valence-electron chi connectivity index (χ0n) is 10.8. The number of hydrogen-bond donors (Lipinski definition) is 3. The average Bonchev–Trinajstić information content (AvgIpc) is 2.82. The number of nitrogens with one attached hydrogen (secondary N) is 1. The van der Waals surface area contributed by atoms with Gasteiger partial charge in [0.2, 0.25) is 0 Å². The highest BCUT2D eigenvalue weighted by Gasteiger charge is 2.28. The van der Waals surface area contributed by atoms with Crippen LogP contribution < -0.4 is 14.8 Å². The lowest BCUT2D eigenvalue weighted by atomic mass is 10.2. The van der Waals surface area contributed by atoms with Gasteiger partial charge >= 0.3 is 16.2 Å². The lowest BCUT2D eigenvalue weighted by Crippen LogP contribution is -2.42. The lowest BCUT2D eigenvalue weighted by Gasteiger charge is -2.20. The molecule has 0 unspecified atom stereocenters. The van der Waals surface area contributed by atoms with Gasteiger partial charge in [0.15, 0.2) is 0 Å². The average molecular weight is 299 g/mol. The summed E-state index contributed by atoms with van der Waals surface area (Å²) in [6.45, 7) is 0.383. The number of benzene rings is 1. The van der Waals surface area contributed by atoms with E-state index in [4.69, 9.17) is 10.8 Å². The third-order valence-electron chi connectivity index (χ3n) is 3.19. The van der Waals surface area contributed by atoms with Crippen LogP contribution in [0.1, 0.15) is 12.0 Å². The molecule has 1 aromatic carbocycles. The quantitative estimate of drug-likeness (QED) is 0.666. The van der Waals surface area contributed by atoms with Crippen molar-refractivity contribution in [1.82, 2.24) is 4.72 Å². The zero-order chi connectivity index (χ0) is 14.8. The molecule has 1 atom stereocenters. The molecule has 0 aromatic heterocycles. The second kappa shape index (κ2) is 5.78. The maximum Gasteiger partial charge on any atom is 0.320 e. The van der Waals surface area contributed by atoms with Gasteiger partial charge in [-0.15, -0.1) is 0 Å². The number of rotatable bonds is 6. The molecule has 0 radical (unpaired) electrons. The molecule has 0 aliphatic carbocycles. The summed E-state index contributed by atoms with van der Waals surface area (Å²) in [6.07, 6.45) is 0.718. The fourth-order valence-corrected chi connectivity index (χ4v) is 3.40. The Kier molecular flexibility index (Phi) is 4.26. The van der Waals surface area contributed by atoms with Crippen LogP contribution in [0.5, 0.6) is 0 Å². The molecule has 1 aliphatic heterocycles. The standard InChI is InChI=1S/C12H17N3O4S/c13-10(12(16)17)5-7-14-20(18,19)15-8-6-9-3-1-2-4-11(9)15/h1-4,10,14H,5-8,13H2,(H,16,17)/t10-/m0/s1. The van der Waals surface area contributed by atoms with Crippen LogP contribution in [-0.2, 0) is 21.4 Å². The van der Waals surface area contributed by atoms with E-state index in [-0.39, 0.29) is 13.0 Å². The molecule has 0 bridgehead atoms.